The number of aldehydes is 1. The summed E-state index contributed by atoms with van der Waals surface area (Å²) in [5, 5.41) is 8.67. The van der Waals surface area contributed by atoms with Crippen LogP contribution in [0.1, 0.15) is 16.3 Å². The highest BCUT2D eigenvalue weighted by Gasteiger charge is 2.12. The molecule has 0 N–H and O–H groups in total. The topological polar surface area (TPSA) is 67.9 Å². The molecule has 0 bridgehead atoms. The largest absolute Gasteiger partial charge is 0.361 e. The van der Waals surface area contributed by atoms with Gasteiger partial charge in [-0.05, 0) is 6.04 Å². The first-order chi connectivity index (χ1) is 7.96. The van der Waals surface area contributed by atoms with E-state index >= 15 is 0 Å². The lowest BCUT2D eigenvalue weighted by Gasteiger charge is -2.15. The number of ether oxygens (including phenoxy) is 1. The van der Waals surface area contributed by atoms with Crippen molar-refractivity contribution in [2.45, 2.75) is 32.4 Å². The summed E-state index contributed by atoms with van der Waals surface area (Å²) in [6.45, 7) is 7.77. The van der Waals surface area contributed by atoms with Crippen molar-refractivity contribution in [2.24, 2.45) is 0 Å². The smallest absolute Gasteiger partial charge is 0.185 e. The van der Waals surface area contributed by atoms with E-state index in [-0.39, 0.29) is 18.2 Å². The van der Waals surface area contributed by atoms with Crippen LogP contribution in [-0.2, 0) is 11.5 Å². The first-order valence-electron chi connectivity index (χ1n) is 5.46. The molecular formula is C11H17N3O2Si. The van der Waals surface area contributed by atoms with Gasteiger partial charge in [-0.15, -0.1) is 0 Å². The van der Waals surface area contributed by atoms with Crippen molar-refractivity contribution < 1.29 is 9.53 Å². The molecule has 0 saturated carbocycles. The lowest BCUT2D eigenvalue weighted by atomic mass is 10.5. The lowest BCUT2D eigenvalue weighted by Crippen LogP contribution is -2.22. The van der Waals surface area contributed by atoms with Crippen molar-refractivity contribution in [3.63, 3.8) is 0 Å². The summed E-state index contributed by atoms with van der Waals surface area (Å²) in [6.07, 6.45) is 2.15. The van der Waals surface area contributed by atoms with Gasteiger partial charge in [0.2, 0.25) is 0 Å². The van der Waals surface area contributed by atoms with E-state index < -0.39 is 8.07 Å². The number of nitriles is 1. The minimum atomic E-state index is -1.09. The molecule has 0 aliphatic carbocycles. The highest BCUT2D eigenvalue weighted by molar-refractivity contribution is 6.76. The second kappa shape index (κ2) is 5.75. The third-order valence-corrected chi connectivity index (χ3v) is 3.96. The highest BCUT2D eigenvalue weighted by atomic mass is 28.3. The molecule has 0 radical (unpaired) electrons. The Morgan fingerprint density at radius 3 is 2.82 bits per heavy atom. The summed E-state index contributed by atoms with van der Waals surface area (Å²) in [5.41, 5.74) is 0.237. The van der Waals surface area contributed by atoms with E-state index in [2.05, 4.69) is 24.6 Å². The molecule has 0 unspecified atom stereocenters. The van der Waals surface area contributed by atoms with Gasteiger partial charge in [-0.1, -0.05) is 19.6 Å². The van der Waals surface area contributed by atoms with E-state index in [1.807, 2.05) is 6.07 Å². The van der Waals surface area contributed by atoms with Gasteiger partial charge in [-0.25, -0.2) is 4.98 Å². The summed E-state index contributed by atoms with van der Waals surface area (Å²) < 4.78 is 7.04. The molecule has 17 heavy (non-hydrogen) atoms. The summed E-state index contributed by atoms with van der Waals surface area (Å²) >= 11 is 0. The summed E-state index contributed by atoms with van der Waals surface area (Å²) in [4.78, 5) is 14.5. The van der Waals surface area contributed by atoms with E-state index in [4.69, 9.17) is 10.00 Å². The SMILES string of the molecule is C[Si](C)(C)CCOCn1cc(C#N)nc1C=O. The van der Waals surface area contributed by atoms with Gasteiger partial charge >= 0.3 is 0 Å². The average Bonchev–Trinajstić information content (AvgIpc) is 2.65. The van der Waals surface area contributed by atoms with Crippen LogP contribution < -0.4 is 0 Å². The number of hydrogen-bond donors (Lipinski definition) is 0. The molecule has 6 heteroatoms. The third kappa shape index (κ3) is 4.50. The van der Waals surface area contributed by atoms with Crippen molar-refractivity contribution in [3.05, 3.63) is 17.7 Å². The van der Waals surface area contributed by atoms with Crippen LogP contribution in [0.25, 0.3) is 0 Å². The van der Waals surface area contributed by atoms with Gasteiger partial charge in [0.05, 0.1) is 0 Å². The molecule has 0 atom stereocenters. The van der Waals surface area contributed by atoms with Crippen molar-refractivity contribution >= 4 is 14.4 Å². The zero-order valence-electron chi connectivity index (χ0n) is 10.4. The van der Waals surface area contributed by atoms with Crippen LogP contribution in [0.3, 0.4) is 0 Å². The van der Waals surface area contributed by atoms with Crippen molar-refractivity contribution in [3.8, 4) is 6.07 Å². The summed E-state index contributed by atoms with van der Waals surface area (Å²) in [5.74, 6) is 0.231. The molecule has 0 aromatic carbocycles. The number of nitrogens with zero attached hydrogens (tertiary/aromatic N) is 3. The third-order valence-electron chi connectivity index (χ3n) is 2.25. The molecule has 0 aliphatic rings. The molecule has 1 aromatic rings. The Balaban J connectivity index is 2.49. The zero-order chi connectivity index (χ0) is 12.9. The summed E-state index contributed by atoms with van der Waals surface area (Å²) in [6, 6.07) is 2.97. The Morgan fingerprint density at radius 2 is 2.29 bits per heavy atom. The van der Waals surface area contributed by atoms with E-state index in [1.54, 1.807) is 4.57 Å². The maximum Gasteiger partial charge on any atom is 0.185 e. The van der Waals surface area contributed by atoms with E-state index in [0.717, 1.165) is 6.04 Å². The molecule has 92 valence electrons. The number of hydrogen-bond acceptors (Lipinski definition) is 4. The maximum absolute atomic E-state index is 10.7. The van der Waals surface area contributed by atoms with Gasteiger partial charge in [0.25, 0.3) is 0 Å². The number of carbonyl (C=O) groups excluding carboxylic acids is 1. The first-order valence-corrected chi connectivity index (χ1v) is 9.17. The minimum Gasteiger partial charge on any atom is -0.361 e. The van der Waals surface area contributed by atoms with Crippen LogP contribution in [0.4, 0.5) is 0 Å². The standard InChI is InChI=1S/C11H17N3O2Si/c1-17(2,3)5-4-16-9-14-7-10(6-12)13-11(14)8-15/h7-8H,4-5,9H2,1-3H3. The van der Waals surface area contributed by atoms with Crippen LogP contribution in [0.15, 0.2) is 6.20 Å². The highest BCUT2D eigenvalue weighted by Crippen LogP contribution is 2.08. The number of carbonyl (C=O) groups is 1. The zero-order valence-corrected chi connectivity index (χ0v) is 11.4. The molecule has 5 nitrogen and oxygen atoms in total. The Bertz CT molecular complexity index is 429. The maximum atomic E-state index is 10.7. The van der Waals surface area contributed by atoms with E-state index in [0.29, 0.717) is 12.9 Å². The molecule has 0 spiro atoms. The molecule has 1 aromatic heterocycles. The Hall–Kier alpha value is -1.45. The van der Waals surface area contributed by atoms with E-state index in [9.17, 15) is 4.79 Å². The van der Waals surface area contributed by atoms with Crippen LogP contribution >= 0.6 is 0 Å². The van der Waals surface area contributed by atoms with Crippen molar-refractivity contribution in [1.29, 1.82) is 5.26 Å². The minimum absolute atomic E-state index is 0.231. The summed E-state index contributed by atoms with van der Waals surface area (Å²) in [7, 11) is -1.09. The predicted molar refractivity (Wildman–Crippen MR) is 66.4 cm³/mol. The average molecular weight is 251 g/mol. The van der Waals surface area contributed by atoms with Gasteiger partial charge in [-0.3, -0.25) is 4.79 Å². The number of imidazole rings is 1. The van der Waals surface area contributed by atoms with Crippen molar-refractivity contribution in [1.82, 2.24) is 9.55 Å². The molecule has 0 fully saturated rings. The number of rotatable bonds is 6. The first kappa shape index (κ1) is 13.6. The second-order valence-corrected chi connectivity index (χ2v) is 10.7. The quantitative estimate of drug-likeness (QED) is 0.440. The van der Waals surface area contributed by atoms with Crippen LogP contribution in [0.2, 0.25) is 25.7 Å². The molecule has 0 aliphatic heterocycles. The second-order valence-electron chi connectivity index (χ2n) is 5.03. The Labute approximate surface area is 102 Å². The number of aromatic nitrogens is 2. The van der Waals surface area contributed by atoms with Gasteiger partial charge in [-0.2, -0.15) is 5.26 Å². The van der Waals surface area contributed by atoms with Crippen LogP contribution in [0.5, 0.6) is 0 Å². The lowest BCUT2D eigenvalue weighted by molar-refractivity contribution is 0.0832. The predicted octanol–water partition coefficient (Wildman–Crippen LogP) is 1.88. The van der Waals surface area contributed by atoms with Gasteiger partial charge in [0.15, 0.2) is 17.8 Å². The fraction of sp³-hybridized carbons (Fsp3) is 0.545. The Kier molecular flexibility index (Phi) is 4.60. The van der Waals surface area contributed by atoms with Crippen LogP contribution in [-0.4, -0.2) is 30.5 Å². The van der Waals surface area contributed by atoms with Gasteiger partial charge < -0.3 is 9.30 Å². The van der Waals surface area contributed by atoms with Crippen molar-refractivity contribution in [2.75, 3.05) is 6.61 Å². The molecular weight excluding hydrogens is 234 g/mol. The van der Waals surface area contributed by atoms with Crippen LogP contribution in [0, 0.1) is 11.3 Å². The Morgan fingerprint density at radius 1 is 1.59 bits per heavy atom. The van der Waals surface area contributed by atoms with Gasteiger partial charge in [0.1, 0.15) is 12.8 Å². The molecule has 1 rings (SSSR count). The monoisotopic (exact) mass is 251 g/mol. The fourth-order valence-corrected chi connectivity index (χ4v) is 1.98. The molecule has 0 saturated heterocycles. The molecule has 1 heterocycles. The normalized spacial score (nSPS) is 11.2. The van der Waals surface area contributed by atoms with E-state index in [1.165, 1.54) is 6.20 Å². The van der Waals surface area contributed by atoms with Gasteiger partial charge in [0, 0.05) is 20.9 Å². The fourth-order valence-electron chi connectivity index (χ4n) is 1.22. The molecule has 0 amide bonds.